The van der Waals surface area contributed by atoms with Crippen molar-refractivity contribution in [1.29, 1.82) is 0 Å². The summed E-state index contributed by atoms with van der Waals surface area (Å²) in [5.74, 6) is 0. The molecule has 0 amide bonds. The third-order valence-electron chi connectivity index (χ3n) is 3.71. The van der Waals surface area contributed by atoms with Crippen LogP contribution in [-0.2, 0) is 9.22 Å². The van der Waals surface area contributed by atoms with Crippen molar-refractivity contribution in [3.63, 3.8) is 0 Å². The average molecular weight is 529 g/mol. The van der Waals surface area contributed by atoms with Crippen LogP contribution < -0.4 is 0 Å². The molecule has 0 N–H and O–H groups in total. The van der Waals surface area contributed by atoms with Gasteiger partial charge in [0.1, 0.15) is 0 Å². The van der Waals surface area contributed by atoms with E-state index < -0.39 is 59.4 Å². The van der Waals surface area contributed by atoms with Gasteiger partial charge in [-0.2, -0.15) is 0 Å². The van der Waals surface area contributed by atoms with E-state index in [4.69, 9.17) is 9.22 Å². The predicted molar refractivity (Wildman–Crippen MR) is 79.9 cm³/mol. The van der Waals surface area contributed by atoms with Gasteiger partial charge in [0.05, 0.1) is 0 Å². The molecule has 3 nitrogen and oxygen atoms in total. The van der Waals surface area contributed by atoms with E-state index in [0.717, 1.165) is 6.92 Å². The Kier molecular flexibility index (Phi) is 7.72. The Morgan fingerprint density at radius 3 is 0.815 bits per heavy atom. The second-order valence-corrected chi connectivity index (χ2v) is 15.0. The number of hydrogen-bond acceptors (Lipinski definition) is 3. The number of halogens is 9. The minimum absolute atomic E-state index is 0.488. The van der Waals surface area contributed by atoms with Crippen LogP contribution in [-0.4, -0.2) is 55.0 Å². The first-order chi connectivity index (χ1) is 11.4. The van der Waals surface area contributed by atoms with Gasteiger partial charge in [0.2, 0.25) is 0 Å². The summed E-state index contributed by atoms with van der Waals surface area (Å²) in [6.45, 7) is 4.00. The van der Waals surface area contributed by atoms with Crippen LogP contribution in [0.2, 0.25) is 4.44 Å². The fourth-order valence-corrected chi connectivity index (χ4v) is 10.9. The van der Waals surface area contributed by atoms with Crippen molar-refractivity contribution in [2.75, 3.05) is 0 Å². The van der Waals surface area contributed by atoms with Gasteiger partial charge in [-0.3, -0.25) is 0 Å². The molecule has 27 heavy (non-hydrogen) atoms. The fourth-order valence-electron chi connectivity index (χ4n) is 1.62. The molecule has 0 aromatic rings. The van der Waals surface area contributed by atoms with Gasteiger partial charge in [-0.05, 0) is 0 Å². The zero-order chi connectivity index (χ0) is 22.3. The average Bonchev–Trinajstić information content (AvgIpc) is 2.32. The third-order valence-corrected chi connectivity index (χ3v) is 13.2. The van der Waals surface area contributed by atoms with E-state index in [0.29, 0.717) is 41.5 Å². The summed E-state index contributed by atoms with van der Waals surface area (Å²) in [6.07, 6.45) is -15.2. The van der Waals surface area contributed by atoms with Gasteiger partial charge in [0.15, 0.2) is 0 Å². The molecule has 164 valence electrons. The molecule has 0 aromatic heterocycles. The van der Waals surface area contributed by atoms with Gasteiger partial charge in [-0.15, -0.1) is 0 Å². The minimum atomic E-state index is -6.12. The maximum absolute atomic E-state index is 13.2. The maximum atomic E-state index is 13.2. The summed E-state index contributed by atoms with van der Waals surface area (Å²) >= 11 is -6.12. The van der Waals surface area contributed by atoms with Crippen molar-refractivity contribution in [1.82, 2.24) is 0 Å². The van der Waals surface area contributed by atoms with Gasteiger partial charge in [0, 0.05) is 0 Å². The molecule has 0 aliphatic rings. The quantitative estimate of drug-likeness (QED) is 0.299. The van der Waals surface area contributed by atoms with Gasteiger partial charge in [0.25, 0.3) is 0 Å². The Morgan fingerprint density at radius 2 is 0.704 bits per heavy atom. The van der Waals surface area contributed by atoms with Crippen LogP contribution in [0.1, 0.15) is 48.5 Å². The number of alkyl halides is 9. The van der Waals surface area contributed by atoms with Crippen LogP contribution in [0.3, 0.4) is 0 Å². The molecular weight excluding hydrogens is 506 g/mol. The topological polar surface area (TPSA) is 27.7 Å². The van der Waals surface area contributed by atoms with Crippen molar-refractivity contribution in [2.24, 2.45) is 0 Å². The van der Waals surface area contributed by atoms with Crippen molar-refractivity contribution in [3.05, 3.63) is 0 Å². The monoisotopic (exact) mass is 530 g/mol. The molecule has 0 atom stereocenters. The molecule has 0 bridgehead atoms. The first-order valence-electron chi connectivity index (χ1n) is 7.74. The van der Waals surface area contributed by atoms with Crippen molar-refractivity contribution in [2.45, 2.75) is 88.2 Å². The van der Waals surface area contributed by atoms with Crippen LogP contribution in [0, 0.1) is 0 Å². The van der Waals surface area contributed by atoms with E-state index in [1.165, 1.54) is 0 Å². The van der Waals surface area contributed by atoms with E-state index in [1.807, 2.05) is 0 Å². The molecule has 0 radical (unpaired) electrons. The van der Waals surface area contributed by atoms with Crippen LogP contribution in [0.4, 0.5) is 39.5 Å². The summed E-state index contributed by atoms with van der Waals surface area (Å²) in [7, 11) is 0. The summed E-state index contributed by atoms with van der Waals surface area (Å²) in [5.41, 5.74) is -9.24. The Labute approximate surface area is 157 Å². The Balaban J connectivity index is 6.29. The van der Waals surface area contributed by atoms with Gasteiger partial charge < -0.3 is 0 Å². The van der Waals surface area contributed by atoms with Gasteiger partial charge in [-0.1, -0.05) is 0 Å². The molecule has 0 heterocycles. The summed E-state index contributed by atoms with van der Waals surface area (Å²) in [5, 5.41) is 0. The Hall–Kier alpha value is 0.0487. The molecule has 0 unspecified atom stereocenters. The summed E-state index contributed by atoms with van der Waals surface area (Å²) in [6, 6.07) is 0. The van der Waals surface area contributed by atoms with Crippen molar-refractivity contribution in [3.8, 4) is 0 Å². The standard InChI is InChI=1S/3C4H6F3O.C2H5.Sn/c3*1-3(2,8)4(5,6)7;1-2;/h3*1-2H3;1H2,2H3;/q3*-1;;+3. The molecule has 0 aliphatic carbocycles. The second-order valence-electron chi connectivity index (χ2n) is 7.37. The number of rotatable bonds is 7. The second kappa shape index (κ2) is 7.71. The van der Waals surface area contributed by atoms with Gasteiger partial charge in [-0.25, -0.2) is 0 Å². The molecule has 0 saturated carbocycles. The van der Waals surface area contributed by atoms with Crippen molar-refractivity contribution >= 4 is 19.6 Å². The summed E-state index contributed by atoms with van der Waals surface area (Å²) < 4.78 is 133. The normalized spacial score (nSPS) is 16.0. The Morgan fingerprint density at radius 1 is 0.519 bits per heavy atom. The van der Waals surface area contributed by atoms with E-state index in [-0.39, 0.29) is 0 Å². The number of hydrogen-bond donors (Lipinski definition) is 0. The molecule has 0 saturated heterocycles. The van der Waals surface area contributed by atoms with E-state index in [9.17, 15) is 39.5 Å². The molecule has 13 heteroatoms. The zero-order valence-electron chi connectivity index (χ0n) is 15.8. The van der Waals surface area contributed by atoms with E-state index >= 15 is 0 Å². The zero-order valence-corrected chi connectivity index (χ0v) is 18.7. The van der Waals surface area contributed by atoms with Crippen LogP contribution in [0.25, 0.3) is 0 Å². The first-order valence-corrected chi connectivity index (χ1v) is 13.2. The Bertz CT molecular complexity index is 438. The molecular formula is C14H23F9O3Sn. The molecule has 0 spiro atoms. The molecule has 0 fully saturated rings. The summed E-state index contributed by atoms with van der Waals surface area (Å²) in [4.78, 5) is 0. The van der Waals surface area contributed by atoms with Crippen molar-refractivity contribution < 1.29 is 48.7 Å². The van der Waals surface area contributed by atoms with Gasteiger partial charge >= 0.3 is 157 Å². The molecule has 0 aliphatic heterocycles. The predicted octanol–water partition coefficient (Wildman–Crippen LogP) is 6.02. The molecule has 0 aromatic carbocycles. The third kappa shape index (κ3) is 6.53. The van der Waals surface area contributed by atoms with Crippen LogP contribution >= 0.6 is 0 Å². The van der Waals surface area contributed by atoms with Crippen LogP contribution in [0.15, 0.2) is 0 Å². The fraction of sp³-hybridized carbons (Fsp3) is 1.00. The SMILES string of the molecule is C[CH2][Sn]([O]C(C)(C)C(F)(F)F)([O]C(C)(C)C(F)(F)F)[O]C(C)(C)C(F)(F)F. The molecule has 0 rings (SSSR count). The first kappa shape index (κ1) is 27.0. The van der Waals surface area contributed by atoms with Crippen LogP contribution in [0.5, 0.6) is 0 Å². The van der Waals surface area contributed by atoms with E-state index in [2.05, 4.69) is 0 Å². The van der Waals surface area contributed by atoms with E-state index in [1.54, 1.807) is 0 Å².